The second-order valence-electron chi connectivity index (χ2n) is 6.55. The molecule has 0 aliphatic carbocycles. The van der Waals surface area contributed by atoms with E-state index in [4.69, 9.17) is 0 Å². The average Bonchev–Trinajstić information content (AvgIpc) is 3.16. The number of hydrogen-bond acceptors (Lipinski definition) is 2. The Labute approximate surface area is 139 Å². The third kappa shape index (κ3) is 3.16. The van der Waals surface area contributed by atoms with Crippen molar-refractivity contribution < 1.29 is 0 Å². The van der Waals surface area contributed by atoms with Gasteiger partial charge in [0.1, 0.15) is 5.41 Å². The van der Waals surface area contributed by atoms with Crippen LogP contribution in [0.5, 0.6) is 0 Å². The molecule has 1 saturated heterocycles. The van der Waals surface area contributed by atoms with Gasteiger partial charge in [-0.1, -0.05) is 60.7 Å². The summed E-state index contributed by atoms with van der Waals surface area (Å²) in [6.45, 7) is 4.59. The molecule has 1 aliphatic rings. The van der Waals surface area contributed by atoms with Crippen molar-refractivity contribution in [2.45, 2.75) is 37.6 Å². The molecule has 0 bridgehead atoms. The van der Waals surface area contributed by atoms with Crippen LogP contribution in [0.1, 0.15) is 37.3 Å². The molecule has 0 spiro atoms. The standard InChI is InChI=1S/C21H24N2/c1-18(23-14-8-9-15-23)16-21(17-22,19-10-4-2-5-11-19)20-12-6-3-7-13-20/h2-7,10-13,18H,8-9,14-16H2,1H3/t18-/m0/s1. The van der Waals surface area contributed by atoms with Gasteiger partial charge in [-0.25, -0.2) is 0 Å². The second-order valence-corrected chi connectivity index (χ2v) is 6.55. The molecule has 23 heavy (non-hydrogen) atoms. The molecule has 1 atom stereocenters. The fraction of sp³-hybridized carbons (Fsp3) is 0.381. The minimum Gasteiger partial charge on any atom is -0.301 e. The Hall–Kier alpha value is -2.11. The van der Waals surface area contributed by atoms with Crippen molar-refractivity contribution in [3.05, 3.63) is 71.8 Å². The molecule has 0 aromatic heterocycles. The van der Waals surface area contributed by atoms with Gasteiger partial charge in [0.25, 0.3) is 0 Å². The van der Waals surface area contributed by atoms with E-state index in [-0.39, 0.29) is 0 Å². The van der Waals surface area contributed by atoms with Crippen LogP contribution in [0.15, 0.2) is 60.7 Å². The molecule has 2 aromatic rings. The molecule has 0 N–H and O–H groups in total. The first-order chi connectivity index (χ1) is 11.3. The normalized spacial score (nSPS) is 16.9. The summed E-state index contributed by atoms with van der Waals surface area (Å²) in [5.74, 6) is 0. The summed E-state index contributed by atoms with van der Waals surface area (Å²) in [7, 11) is 0. The summed E-state index contributed by atoms with van der Waals surface area (Å²) in [5.41, 5.74) is 1.62. The van der Waals surface area contributed by atoms with Gasteiger partial charge in [-0.2, -0.15) is 5.26 Å². The molecule has 3 rings (SSSR count). The van der Waals surface area contributed by atoms with Crippen molar-refractivity contribution in [1.82, 2.24) is 4.90 Å². The SMILES string of the molecule is C[C@@H](CC(C#N)(c1ccccc1)c1ccccc1)N1CCCC1. The van der Waals surface area contributed by atoms with Crippen molar-refractivity contribution in [3.63, 3.8) is 0 Å². The van der Waals surface area contributed by atoms with E-state index >= 15 is 0 Å². The first kappa shape index (κ1) is 15.8. The summed E-state index contributed by atoms with van der Waals surface area (Å²) in [4.78, 5) is 2.53. The summed E-state index contributed by atoms with van der Waals surface area (Å²) in [6.07, 6.45) is 3.39. The first-order valence-electron chi connectivity index (χ1n) is 8.52. The third-order valence-electron chi connectivity index (χ3n) is 5.09. The first-order valence-corrected chi connectivity index (χ1v) is 8.52. The Morgan fingerprint density at radius 3 is 1.87 bits per heavy atom. The van der Waals surface area contributed by atoms with Gasteiger partial charge in [0.05, 0.1) is 6.07 Å². The molecule has 118 valence electrons. The van der Waals surface area contributed by atoms with Crippen molar-refractivity contribution in [2.75, 3.05) is 13.1 Å². The van der Waals surface area contributed by atoms with E-state index < -0.39 is 5.41 Å². The minimum absolute atomic E-state index is 0.401. The molecular weight excluding hydrogens is 280 g/mol. The molecule has 1 aliphatic heterocycles. The molecule has 2 nitrogen and oxygen atoms in total. The Balaban J connectivity index is 2.01. The van der Waals surface area contributed by atoms with Crippen LogP contribution in [0, 0.1) is 11.3 Å². The summed E-state index contributed by atoms with van der Waals surface area (Å²) < 4.78 is 0. The van der Waals surface area contributed by atoms with E-state index in [1.54, 1.807) is 0 Å². The highest BCUT2D eigenvalue weighted by molar-refractivity contribution is 5.46. The molecule has 0 saturated carbocycles. The highest BCUT2D eigenvalue weighted by Crippen LogP contribution is 2.37. The topological polar surface area (TPSA) is 27.0 Å². The van der Waals surface area contributed by atoms with Gasteiger partial charge in [0.15, 0.2) is 0 Å². The van der Waals surface area contributed by atoms with Crippen LogP contribution in [0.3, 0.4) is 0 Å². The van der Waals surface area contributed by atoms with Gasteiger partial charge >= 0.3 is 0 Å². The van der Waals surface area contributed by atoms with Gasteiger partial charge < -0.3 is 4.90 Å². The minimum atomic E-state index is -0.579. The van der Waals surface area contributed by atoms with Crippen molar-refractivity contribution in [2.24, 2.45) is 0 Å². The Morgan fingerprint density at radius 2 is 1.43 bits per heavy atom. The Bertz CT molecular complexity index is 612. The number of rotatable bonds is 5. The van der Waals surface area contributed by atoms with Gasteiger partial charge in [0.2, 0.25) is 0 Å². The maximum absolute atomic E-state index is 10.2. The van der Waals surface area contributed by atoms with E-state index in [1.165, 1.54) is 12.8 Å². The molecule has 0 unspecified atom stereocenters. The van der Waals surface area contributed by atoms with Gasteiger partial charge in [-0.15, -0.1) is 0 Å². The van der Waals surface area contributed by atoms with E-state index in [9.17, 15) is 5.26 Å². The van der Waals surface area contributed by atoms with E-state index in [0.29, 0.717) is 6.04 Å². The summed E-state index contributed by atoms with van der Waals surface area (Å²) in [6, 6.07) is 23.6. The smallest absolute Gasteiger partial charge is 0.109 e. The van der Waals surface area contributed by atoms with Gasteiger partial charge in [-0.3, -0.25) is 0 Å². The third-order valence-corrected chi connectivity index (χ3v) is 5.09. The molecule has 2 heteroatoms. The predicted molar refractivity (Wildman–Crippen MR) is 94.2 cm³/mol. The monoisotopic (exact) mass is 304 g/mol. The van der Waals surface area contributed by atoms with Crippen LogP contribution >= 0.6 is 0 Å². The van der Waals surface area contributed by atoms with Crippen LogP contribution in [-0.4, -0.2) is 24.0 Å². The van der Waals surface area contributed by atoms with Crippen LogP contribution in [0.25, 0.3) is 0 Å². The lowest BCUT2D eigenvalue weighted by Crippen LogP contribution is -2.38. The van der Waals surface area contributed by atoms with Crippen LogP contribution in [-0.2, 0) is 5.41 Å². The highest BCUT2D eigenvalue weighted by Gasteiger charge is 2.37. The van der Waals surface area contributed by atoms with Gasteiger partial charge in [-0.05, 0) is 50.4 Å². The highest BCUT2D eigenvalue weighted by atomic mass is 15.2. The number of nitrogens with zero attached hydrogens (tertiary/aromatic N) is 2. The number of likely N-dealkylation sites (tertiary alicyclic amines) is 1. The maximum Gasteiger partial charge on any atom is 0.109 e. The largest absolute Gasteiger partial charge is 0.301 e. The second kappa shape index (κ2) is 6.98. The molecule has 1 fully saturated rings. The zero-order chi connectivity index (χ0) is 16.1. The number of hydrogen-bond donors (Lipinski definition) is 0. The van der Waals surface area contributed by atoms with Crippen molar-refractivity contribution >= 4 is 0 Å². The Morgan fingerprint density at radius 1 is 0.957 bits per heavy atom. The average molecular weight is 304 g/mol. The molecule has 2 aromatic carbocycles. The van der Waals surface area contributed by atoms with Crippen LogP contribution < -0.4 is 0 Å². The number of benzene rings is 2. The predicted octanol–water partition coefficient (Wildman–Crippen LogP) is 4.37. The van der Waals surface area contributed by atoms with Crippen molar-refractivity contribution in [1.29, 1.82) is 5.26 Å². The summed E-state index contributed by atoms with van der Waals surface area (Å²) in [5, 5.41) is 10.2. The zero-order valence-corrected chi connectivity index (χ0v) is 13.8. The lowest BCUT2D eigenvalue weighted by molar-refractivity contribution is 0.230. The van der Waals surface area contributed by atoms with E-state index in [0.717, 1.165) is 30.6 Å². The molecule has 1 heterocycles. The maximum atomic E-state index is 10.2. The molecule has 0 radical (unpaired) electrons. The van der Waals surface area contributed by atoms with Gasteiger partial charge in [0, 0.05) is 6.04 Å². The van der Waals surface area contributed by atoms with Crippen LogP contribution in [0.2, 0.25) is 0 Å². The Kier molecular flexibility index (Phi) is 4.79. The summed E-state index contributed by atoms with van der Waals surface area (Å²) >= 11 is 0. The number of nitriles is 1. The zero-order valence-electron chi connectivity index (χ0n) is 13.8. The lowest BCUT2D eigenvalue weighted by atomic mass is 9.71. The molecule has 0 amide bonds. The lowest BCUT2D eigenvalue weighted by Gasteiger charge is -2.34. The van der Waals surface area contributed by atoms with Crippen LogP contribution in [0.4, 0.5) is 0 Å². The quantitative estimate of drug-likeness (QED) is 0.820. The fourth-order valence-electron chi connectivity index (χ4n) is 3.78. The fourth-order valence-corrected chi connectivity index (χ4v) is 3.78. The molecular formula is C21H24N2. The van der Waals surface area contributed by atoms with Crippen molar-refractivity contribution in [3.8, 4) is 6.07 Å². The van der Waals surface area contributed by atoms with E-state index in [1.807, 2.05) is 36.4 Å². The van der Waals surface area contributed by atoms with E-state index in [2.05, 4.69) is 42.2 Å².